The zero-order valence-corrected chi connectivity index (χ0v) is 17.1. The third-order valence-electron chi connectivity index (χ3n) is 4.57. The van der Waals surface area contributed by atoms with Gasteiger partial charge in [-0.3, -0.25) is 0 Å². The maximum absolute atomic E-state index is 2.77. The molecule has 0 amide bonds. The minimum atomic E-state index is -2.77. The Hall–Kier alpha value is -2.27. The van der Waals surface area contributed by atoms with Crippen LogP contribution in [-0.2, 0) is 0 Å². The predicted octanol–water partition coefficient (Wildman–Crippen LogP) is 3.49. The van der Waals surface area contributed by atoms with Gasteiger partial charge in [0, 0.05) is 0 Å². The molecule has 0 aliphatic carbocycles. The Bertz CT molecular complexity index is 759. The Kier molecular flexibility index (Phi) is 5.99. The number of rotatable bonds is 4. The summed E-state index contributed by atoms with van der Waals surface area (Å²) in [6, 6.07) is 44.2. The first-order chi connectivity index (χ1) is 12.4. The van der Waals surface area contributed by atoms with Crippen LogP contribution >= 0.6 is 12.4 Å². The van der Waals surface area contributed by atoms with Gasteiger partial charge in [0.15, 0.2) is 0 Å². The van der Waals surface area contributed by atoms with Crippen molar-refractivity contribution in [3.63, 3.8) is 0 Å². The van der Waals surface area contributed by atoms with E-state index in [1.165, 1.54) is 17.4 Å². The van der Waals surface area contributed by atoms with E-state index in [0.717, 1.165) is 0 Å². The first-order valence-corrected chi connectivity index (χ1v) is 12.3. The van der Waals surface area contributed by atoms with Gasteiger partial charge in [0.25, 0.3) is 0 Å². The Morgan fingerprint density at radius 1 is 0.308 bits per heavy atom. The van der Waals surface area contributed by atoms with Gasteiger partial charge in [-0.15, -0.1) is 12.4 Å². The van der Waals surface area contributed by atoms with E-state index in [0.29, 0.717) is 0 Å². The maximum atomic E-state index is 2.31. The molecule has 26 heavy (non-hydrogen) atoms. The molecule has 0 aliphatic rings. The zero-order valence-electron chi connectivity index (χ0n) is 14.4. The number of halogens is 1. The van der Waals surface area contributed by atoms with E-state index in [1.54, 1.807) is 0 Å². The van der Waals surface area contributed by atoms with Crippen LogP contribution in [0.1, 0.15) is 0 Å². The van der Waals surface area contributed by atoms with Crippen LogP contribution < -0.4 is 17.4 Å². The van der Waals surface area contributed by atoms with Crippen LogP contribution in [0, 0.1) is 0 Å². The van der Waals surface area contributed by atoms with Gasteiger partial charge in [-0.2, -0.15) is 0 Å². The molecule has 2 heteroatoms. The molecule has 129 valence electrons. The standard InChI is InChI=1S/C24H20As.ClH/c1-5-13-21(14-6-1)25(22-15-7-2-8-16-22,23-17-9-3-10-18-23)24-19-11-4-12-20-24;/h1-20H;1H. The quantitative estimate of drug-likeness (QED) is 0.444. The van der Waals surface area contributed by atoms with Crippen molar-refractivity contribution in [2.45, 2.75) is 0 Å². The summed E-state index contributed by atoms with van der Waals surface area (Å²) < 4.78 is 5.79. The summed E-state index contributed by atoms with van der Waals surface area (Å²) in [4.78, 5) is 0. The topological polar surface area (TPSA) is 0 Å². The molecule has 0 nitrogen and oxygen atoms in total. The molecule has 4 aromatic rings. The Labute approximate surface area is 164 Å². The van der Waals surface area contributed by atoms with E-state index >= 15 is 0 Å². The summed E-state index contributed by atoms with van der Waals surface area (Å²) in [5.74, 6) is 0. The van der Waals surface area contributed by atoms with Crippen LogP contribution in [0.25, 0.3) is 0 Å². The number of hydrogen-bond acceptors (Lipinski definition) is 0. The van der Waals surface area contributed by atoms with Gasteiger partial charge >= 0.3 is 152 Å². The molecular weight excluding hydrogens is 399 g/mol. The molecule has 0 heterocycles. The summed E-state index contributed by atoms with van der Waals surface area (Å²) in [6.45, 7) is 0. The Balaban J connectivity index is 0.00000196. The molecule has 1 radical (unpaired) electrons. The second-order valence-corrected chi connectivity index (χ2v) is 13.2. The van der Waals surface area contributed by atoms with Crippen LogP contribution in [0.15, 0.2) is 121 Å². The van der Waals surface area contributed by atoms with E-state index in [-0.39, 0.29) is 12.4 Å². The van der Waals surface area contributed by atoms with Gasteiger partial charge in [-0.1, -0.05) is 0 Å². The van der Waals surface area contributed by atoms with Crippen molar-refractivity contribution in [2.75, 3.05) is 0 Å². The van der Waals surface area contributed by atoms with E-state index in [9.17, 15) is 0 Å². The molecule has 4 rings (SSSR count). The fourth-order valence-corrected chi connectivity index (χ4v) is 12.5. The van der Waals surface area contributed by atoms with E-state index < -0.39 is 13.6 Å². The molecule has 4 aromatic carbocycles. The monoisotopic (exact) mass is 419 g/mol. The SMILES string of the molecule is Cl.c1ccc([As](c2ccccc2)(c2ccccc2)c2ccccc2)cc1. The summed E-state index contributed by atoms with van der Waals surface area (Å²) >= 11 is -2.77. The van der Waals surface area contributed by atoms with Crippen molar-refractivity contribution in [3.8, 4) is 0 Å². The third-order valence-corrected chi connectivity index (χ3v) is 13.6. The van der Waals surface area contributed by atoms with Gasteiger partial charge in [0.1, 0.15) is 0 Å². The summed E-state index contributed by atoms with van der Waals surface area (Å²) in [7, 11) is 0. The summed E-state index contributed by atoms with van der Waals surface area (Å²) in [6.07, 6.45) is 0. The summed E-state index contributed by atoms with van der Waals surface area (Å²) in [5, 5.41) is 0. The summed E-state index contributed by atoms with van der Waals surface area (Å²) in [5.41, 5.74) is 0. The Morgan fingerprint density at radius 2 is 0.500 bits per heavy atom. The van der Waals surface area contributed by atoms with Crippen LogP contribution in [0.3, 0.4) is 0 Å². The van der Waals surface area contributed by atoms with Crippen molar-refractivity contribution in [1.29, 1.82) is 0 Å². The van der Waals surface area contributed by atoms with Crippen molar-refractivity contribution >= 4 is 43.4 Å². The van der Waals surface area contributed by atoms with Gasteiger partial charge in [0.2, 0.25) is 0 Å². The molecule has 0 unspecified atom stereocenters. The van der Waals surface area contributed by atoms with Crippen LogP contribution in [0.4, 0.5) is 0 Å². The molecule has 0 bridgehead atoms. The molecule has 0 fully saturated rings. The van der Waals surface area contributed by atoms with E-state index in [1.807, 2.05) is 0 Å². The second kappa shape index (κ2) is 8.41. The number of benzene rings is 4. The predicted molar refractivity (Wildman–Crippen MR) is 117 cm³/mol. The van der Waals surface area contributed by atoms with Crippen LogP contribution in [0.2, 0.25) is 0 Å². The third kappa shape index (κ3) is 3.23. The second-order valence-electron chi connectivity index (χ2n) is 6.01. The zero-order chi connectivity index (χ0) is 17.0. The fraction of sp³-hybridized carbons (Fsp3) is 0. The molecule has 0 spiro atoms. The molecule has 0 saturated heterocycles. The van der Waals surface area contributed by atoms with Gasteiger partial charge in [-0.05, 0) is 0 Å². The van der Waals surface area contributed by atoms with Gasteiger partial charge in [0.05, 0.1) is 0 Å². The van der Waals surface area contributed by atoms with Crippen LogP contribution in [-0.4, -0.2) is 13.6 Å². The van der Waals surface area contributed by atoms with Crippen molar-refractivity contribution in [1.82, 2.24) is 0 Å². The molecule has 0 atom stereocenters. The average molecular weight is 420 g/mol. The molecule has 0 aliphatic heterocycles. The molecule has 0 N–H and O–H groups in total. The first-order valence-electron chi connectivity index (χ1n) is 8.54. The first kappa shape index (κ1) is 18.5. The van der Waals surface area contributed by atoms with Crippen LogP contribution in [0.5, 0.6) is 0 Å². The molecule has 0 saturated carbocycles. The molecular formula is C24H21AsCl. The van der Waals surface area contributed by atoms with Crippen molar-refractivity contribution in [2.24, 2.45) is 0 Å². The Morgan fingerprint density at radius 3 is 0.692 bits per heavy atom. The van der Waals surface area contributed by atoms with E-state index in [4.69, 9.17) is 0 Å². The average Bonchev–Trinajstić information content (AvgIpc) is 2.72. The van der Waals surface area contributed by atoms with Gasteiger partial charge in [-0.25, -0.2) is 0 Å². The molecule has 0 aromatic heterocycles. The fourth-order valence-electron chi connectivity index (χ4n) is 3.50. The minimum absolute atomic E-state index is 0. The van der Waals surface area contributed by atoms with Gasteiger partial charge < -0.3 is 0 Å². The number of hydrogen-bond donors (Lipinski definition) is 0. The van der Waals surface area contributed by atoms with Crippen molar-refractivity contribution < 1.29 is 0 Å². The van der Waals surface area contributed by atoms with E-state index in [2.05, 4.69) is 121 Å². The normalized spacial score (nSPS) is 10.8. The van der Waals surface area contributed by atoms with Crippen molar-refractivity contribution in [3.05, 3.63) is 121 Å².